The van der Waals surface area contributed by atoms with Crippen molar-refractivity contribution in [1.82, 2.24) is 0 Å². The van der Waals surface area contributed by atoms with Crippen LogP contribution in [-0.2, 0) is 14.4 Å². The molecule has 0 aromatic heterocycles. The maximum absolute atomic E-state index is 12.6. The van der Waals surface area contributed by atoms with Crippen molar-refractivity contribution < 1.29 is 38.1 Å². The van der Waals surface area contributed by atoms with Crippen LogP contribution in [0, 0.1) is 0 Å². The third-order valence-electron chi connectivity index (χ3n) is 5.33. The van der Waals surface area contributed by atoms with Crippen molar-refractivity contribution in [2.75, 3.05) is 41.7 Å². The Morgan fingerprint density at radius 3 is 2.42 bits per heavy atom. The van der Waals surface area contributed by atoms with E-state index in [0.717, 1.165) is 5.56 Å². The summed E-state index contributed by atoms with van der Waals surface area (Å²) in [5, 5.41) is 4.17. The van der Waals surface area contributed by atoms with Crippen LogP contribution in [0.4, 0.5) is 0 Å². The van der Waals surface area contributed by atoms with Crippen LogP contribution in [0.15, 0.2) is 41.1 Å². The molecule has 0 aliphatic carbocycles. The van der Waals surface area contributed by atoms with Gasteiger partial charge in [0.25, 0.3) is 0 Å². The molecule has 0 saturated heterocycles. The molecule has 0 fully saturated rings. The summed E-state index contributed by atoms with van der Waals surface area (Å²) < 4.78 is 32.7. The molecule has 0 spiro atoms. The Kier molecular flexibility index (Phi) is 6.58. The number of hydrogen-bond acceptors (Lipinski definition) is 9. The second-order valence-electron chi connectivity index (χ2n) is 7.31. The van der Waals surface area contributed by atoms with Gasteiger partial charge in [-0.05, 0) is 12.1 Å². The number of esters is 1. The second-order valence-corrected chi connectivity index (χ2v) is 7.31. The number of carbonyl (C=O) groups is 1. The van der Waals surface area contributed by atoms with Gasteiger partial charge >= 0.3 is 5.97 Å². The Hall–Kier alpha value is -3.88. The zero-order valence-electron chi connectivity index (χ0n) is 18.9. The van der Waals surface area contributed by atoms with Gasteiger partial charge in [-0.1, -0.05) is 17.3 Å². The van der Waals surface area contributed by atoms with Crippen LogP contribution in [0.5, 0.6) is 28.7 Å². The molecule has 2 heterocycles. The quantitative estimate of drug-likeness (QED) is 0.560. The Morgan fingerprint density at radius 1 is 1.03 bits per heavy atom. The van der Waals surface area contributed by atoms with Crippen LogP contribution in [0.3, 0.4) is 0 Å². The fourth-order valence-corrected chi connectivity index (χ4v) is 3.68. The number of para-hydroxylation sites is 1. The fraction of sp³-hybridized carbons (Fsp3) is 0.333. The number of nitrogens with zero attached hydrogens (tertiary/aromatic N) is 1. The highest BCUT2D eigenvalue weighted by atomic mass is 16.7. The zero-order valence-corrected chi connectivity index (χ0v) is 18.9. The summed E-state index contributed by atoms with van der Waals surface area (Å²) in [4.78, 5) is 18.1. The Morgan fingerprint density at radius 2 is 1.76 bits per heavy atom. The van der Waals surface area contributed by atoms with Crippen molar-refractivity contribution in [3.05, 3.63) is 47.0 Å². The molecule has 2 aromatic rings. The Balaban J connectivity index is 1.40. The summed E-state index contributed by atoms with van der Waals surface area (Å²) >= 11 is 0. The molecule has 0 bridgehead atoms. The lowest BCUT2D eigenvalue weighted by Crippen LogP contribution is -2.23. The van der Waals surface area contributed by atoms with Crippen molar-refractivity contribution in [3.8, 4) is 28.7 Å². The largest absolute Gasteiger partial charge is 0.496 e. The standard InChI is InChI=1S/C24H25NO8/c1-27-16-10-20(29-3)22(21(11-16)30-4)18-9-17(33-25-18)13-32-24(26)15-8-14-6-5-7-19(28-2)23(14)31-12-15/h5-8,10-11,17H,9,12-13H2,1-4H3. The minimum absolute atomic E-state index is 0.0366. The average molecular weight is 455 g/mol. The fourth-order valence-electron chi connectivity index (χ4n) is 3.68. The van der Waals surface area contributed by atoms with Crippen molar-refractivity contribution >= 4 is 17.8 Å². The highest BCUT2D eigenvalue weighted by molar-refractivity contribution is 6.06. The minimum atomic E-state index is -0.472. The molecule has 9 heteroatoms. The SMILES string of the molecule is COc1cc(OC)c(C2=NOC(COC(=O)C3=Cc4cccc(OC)c4OC3)C2)c(OC)c1. The number of ether oxygens (including phenoxy) is 6. The van der Waals surface area contributed by atoms with Gasteiger partial charge < -0.3 is 33.3 Å². The molecule has 2 aromatic carbocycles. The van der Waals surface area contributed by atoms with Crippen LogP contribution < -0.4 is 23.7 Å². The number of carbonyl (C=O) groups excluding carboxylic acids is 1. The van der Waals surface area contributed by atoms with E-state index in [1.807, 2.05) is 12.1 Å². The predicted octanol–water partition coefficient (Wildman–Crippen LogP) is 3.23. The van der Waals surface area contributed by atoms with E-state index in [-0.39, 0.29) is 13.2 Å². The van der Waals surface area contributed by atoms with Gasteiger partial charge in [-0.15, -0.1) is 0 Å². The first kappa shape index (κ1) is 22.3. The van der Waals surface area contributed by atoms with Crippen molar-refractivity contribution in [2.24, 2.45) is 5.16 Å². The summed E-state index contributed by atoms with van der Waals surface area (Å²) in [6, 6.07) is 8.98. The Labute approximate surface area is 191 Å². The molecular weight excluding hydrogens is 430 g/mol. The first-order valence-electron chi connectivity index (χ1n) is 10.3. The molecule has 4 rings (SSSR count). The number of oxime groups is 1. The highest BCUT2D eigenvalue weighted by Gasteiger charge is 2.29. The number of benzene rings is 2. The minimum Gasteiger partial charge on any atom is -0.496 e. The molecule has 1 atom stereocenters. The smallest absolute Gasteiger partial charge is 0.337 e. The van der Waals surface area contributed by atoms with Gasteiger partial charge in [0.05, 0.1) is 45.3 Å². The number of hydrogen-bond donors (Lipinski definition) is 0. The summed E-state index contributed by atoms with van der Waals surface area (Å²) in [6.45, 7) is 0.134. The summed E-state index contributed by atoms with van der Waals surface area (Å²) in [7, 11) is 6.25. The number of rotatable bonds is 8. The molecule has 0 amide bonds. The molecule has 174 valence electrons. The van der Waals surface area contributed by atoms with Crippen LogP contribution in [0.25, 0.3) is 6.08 Å². The molecule has 9 nitrogen and oxygen atoms in total. The Bertz CT molecular complexity index is 1080. The van der Waals surface area contributed by atoms with E-state index in [0.29, 0.717) is 52.0 Å². The van der Waals surface area contributed by atoms with Crippen LogP contribution >= 0.6 is 0 Å². The molecule has 0 saturated carbocycles. The monoisotopic (exact) mass is 455 g/mol. The van der Waals surface area contributed by atoms with Gasteiger partial charge in [-0.25, -0.2) is 4.79 Å². The molecule has 33 heavy (non-hydrogen) atoms. The zero-order chi connectivity index (χ0) is 23.4. The van der Waals surface area contributed by atoms with E-state index >= 15 is 0 Å². The normalized spacial score (nSPS) is 16.4. The lowest BCUT2D eigenvalue weighted by molar-refractivity contribution is -0.143. The number of fused-ring (bicyclic) bond motifs is 1. The van der Waals surface area contributed by atoms with Crippen LogP contribution in [0.1, 0.15) is 17.5 Å². The number of methoxy groups -OCH3 is 4. The van der Waals surface area contributed by atoms with E-state index in [1.54, 1.807) is 52.7 Å². The predicted molar refractivity (Wildman–Crippen MR) is 120 cm³/mol. The van der Waals surface area contributed by atoms with Gasteiger partial charge in [-0.3, -0.25) is 0 Å². The van der Waals surface area contributed by atoms with E-state index in [4.69, 9.17) is 33.3 Å². The molecular formula is C24H25NO8. The first-order valence-corrected chi connectivity index (χ1v) is 10.3. The third-order valence-corrected chi connectivity index (χ3v) is 5.33. The van der Waals surface area contributed by atoms with Crippen LogP contribution in [-0.4, -0.2) is 59.4 Å². The summed E-state index contributed by atoms with van der Waals surface area (Å²) in [5.41, 5.74) is 2.47. The van der Waals surface area contributed by atoms with Gasteiger partial charge in [0.15, 0.2) is 17.6 Å². The molecule has 1 unspecified atom stereocenters. The molecule has 0 radical (unpaired) electrons. The maximum Gasteiger partial charge on any atom is 0.337 e. The van der Waals surface area contributed by atoms with Gasteiger partial charge in [0, 0.05) is 24.1 Å². The third kappa shape index (κ3) is 4.52. The summed E-state index contributed by atoms with van der Waals surface area (Å²) in [5.74, 6) is 2.44. The van der Waals surface area contributed by atoms with E-state index in [9.17, 15) is 4.79 Å². The maximum atomic E-state index is 12.6. The van der Waals surface area contributed by atoms with E-state index < -0.39 is 12.1 Å². The van der Waals surface area contributed by atoms with Gasteiger partial charge in [0.2, 0.25) is 0 Å². The van der Waals surface area contributed by atoms with Gasteiger partial charge in [-0.2, -0.15) is 0 Å². The second kappa shape index (κ2) is 9.72. The van der Waals surface area contributed by atoms with E-state index in [1.165, 1.54) is 0 Å². The van der Waals surface area contributed by atoms with Gasteiger partial charge in [0.1, 0.15) is 30.5 Å². The molecule has 2 aliphatic heterocycles. The average Bonchev–Trinajstić information content (AvgIpc) is 3.33. The van der Waals surface area contributed by atoms with E-state index in [2.05, 4.69) is 5.16 Å². The first-order chi connectivity index (χ1) is 16.1. The molecule has 2 aliphatic rings. The highest BCUT2D eigenvalue weighted by Crippen LogP contribution is 2.37. The molecule has 0 N–H and O–H groups in total. The topological polar surface area (TPSA) is 94.0 Å². The van der Waals surface area contributed by atoms with Crippen molar-refractivity contribution in [1.29, 1.82) is 0 Å². The van der Waals surface area contributed by atoms with Crippen molar-refractivity contribution in [3.63, 3.8) is 0 Å². The lowest BCUT2D eigenvalue weighted by atomic mass is 10.0. The van der Waals surface area contributed by atoms with Crippen molar-refractivity contribution in [2.45, 2.75) is 12.5 Å². The lowest BCUT2D eigenvalue weighted by Gasteiger charge is -2.19. The summed E-state index contributed by atoms with van der Waals surface area (Å²) in [6.07, 6.45) is 1.73. The van der Waals surface area contributed by atoms with Crippen LogP contribution in [0.2, 0.25) is 0 Å².